The average Bonchev–Trinajstić information content (AvgIpc) is 3.94. The summed E-state index contributed by atoms with van der Waals surface area (Å²) < 4.78 is 4.85. The standard InChI is InChI=1S/C52H33N5/c1-4-15-33(16-5-1)50-53-51(34-17-6-2-7-18-34)55-52(54-50)42-24-14-19-35-31-36-32-38(27-28-39(36)47(35)42)57-44-26-13-11-23-41(44)49-46(57)30-29-45-48(49)40-22-10-12-25-43(40)56(45)37-20-8-3-9-21-37/h1-30,32H,31H2. The number of nitrogens with zero attached hydrogens (tertiary/aromatic N) is 5. The third-order valence-corrected chi connectivity index (χ3v) is 11.6. The van der Waals surface area contributed by atoms with Gasteiger partial charge in [-0.1, -0.05) is 140 Å². The summed E-state index contributed by atoms with van der Waals surface area (Å²) >= 11 is 0. The van der Waals surface area contributed by atoms with Gasteiger partial charge in [0.2, 0.25) is 0 Å². The van der Waals surface area contributed by atoms with E-state index in [4.69, 9.17) is 15.0 Å². The van der Waals surface area contributed by atoms with E-state index in [-0.39, 0.29) is 0 Å². The molecule has 12 rings (SSSR count). The molecule has 57 heavy (non-hydrogen) atoms. The number of benzene rings is 8. The quantitative estimate of drug-likeness (QED) is 0.177. The lowest BCUT2D eigenvalue weighted by atomic mass is 9.98. The summed E-state index contributed by atoms with van der Waals surface area (Å²) in [5.41, 5.74) is 15.1. The van der Waals surface area contributed by atoms with E-state index in [9.17, 15) is 0 Å². The maximum absolute atomic E-state index is 5.12. The molecule has 266 valence electrons. The highest BCUT2D eigenvalue weighted by Gasteiger charge is 2.26. The van der Waals surface area contributed by atoms with Crippen LogP contribution in [0.1, 0.15) is 11.1 Å². The van der Waals surface area contributed by atoms with Gasteiger partial charge in [0.25, 0.3) is 0 Å². The van der Waals surface area contributed by atoms with Crippen LogP contribution < -0.4 is 0 Å². The SMILES string of the molecule is c1ccc(-c2nc(-c3ccccc3)nc(-c3cccc4c3-c3ccc(-n5c6ccccc6c6c7c8ccccc8n(-c8ccccc8)c7ccc65)cc3C4)n2)cc1. The molecule has 1 aliphatic rings. The van der Waals surface area contributed by atoms with Crippen LogP contribution in [-0.4, -0.2) is 24.1 Å². The van der Waals surface area contributed by atoms with Gasteiger partial charge in [-0.3, -0.25) is 0 Å². The van der Waals surface area contributed by atoms with Crippen molar-refractivity contribution in [3.63, 3.8) is 0 Å². The highest BCUT2D eigenvalue weighted by molar-refractivity contribution is 6.28. The van der Waals surface area contributed by atoms with E-state index in [1.54, 1.807) is 0 Å². The summed E-state index contributed by atoms with van der Waals surface area (Å²) in [6.07, 6.45) is 0.834. The second-order valence-electron chi connectivity index (χ2n) is 14.8. The van der Waals surface area contributed by atoms with Crippen molar-refractivity contribution in [2.75, 3.05) is 0 Å². The van der Waals surface area contributed by atoms with Crippen LogP contribution in [0.5, 0.6) is 0 Å². The van der Waals surface area contributed by atoms with Gasteiger partial charge in [0, 0.05) is 49.6 Å². The molecule has 11 aromatic rings. The smallest absolute Gasteiger partial charge is 0.164 e. The fourth-order valence-corrected chi connectivity index (χ4v) is 9.15. The van der Waals surface area contributed by atoms with Crippen molar-refractivity contribution in [2.45, 2.75) is 6.42 Å². The minimum atomic E-state index is 0.665. The maximum atomic E-state index is 5.12. The predicted octanol–water partition coefficient (Wildman–Crippen LogP) is 12.6. The van der Waals surface area contributed by atoms with Crippen LogP contribution >= 0.6 is 0 Å². The van der Waals surface area contributed by atoms with Crippen LogP contribution in [0.25, 0.3) is 100 Å². The van der Waals surface area contributed by atoms with Gasteiger partial charge < -0.3 is 9.13 Å². The zero-order chi connectivity index (χ0) is 37.5. The molecule has 0 unspecified atom stereocenters. The number of aromatic nitrogens is 5. The maximum Gasteiger partial charge on any atom is 0.164 e. The van der Waals surface area contributed by atoms with E-state index >= 15 is 0 Å². The molecular formula is C52H33N5. The molecular weight excluding hydrogens is 695 g/mol. The van der Waals surface area contributed by atoms with Crippen molar-refractivity contribution in [1.82, 2.24) is 24.1 Å². The minimum absolute atomic E-state index is 0.665. The normalized spacial score (nSPS) is 12.1. The molecule has 0 N–H and O–H groups in total. The number of fused-ring (bicyclic) bond motifs is 10. The van der Waals surface area contributed by atoms with Gasteiger partial charge in [-0.15, -0.1) is 0 Å². The largest absolute Gasteiger partial charge is 0.309 e. The Hall–Kier alpha value is -7.63. The molecule has 0 bridgehead atoms. The Labute approximate surface area is 328 Å². The monoisotopic (exact) mass is 727 g/mol. The molecule has 5 heteroatoms. The molecule has 0 spiro atoms. The van der Waals surface area contributed by atoms with Crippen molar-refractivity contribution < 1.29 is 0 Å². The van der Waals surface area contributed by atoms with E-state index in [1.807, 2.05) is 36.4 Å². The van der Waals surface area contributed by atoms with Crippen molar-refractivity contribution in [1.29, 1.82) is 0 Å². The van der Waals surface area contributed by atoms with E-state index in [0.29, 0.717) is 17.5 Å². The van der Waals surface area contributed by atoms with Crippen molar-refractivity contribution in [3.8, 4) is 56.7 Å². The fourth-order valence-electron chi connectivity index (χ4n) is 9.15. The number of para-hydroxylation sites is 3. The van der Waals surface area contributed by atoms with Gasteiger partial charge in [0.05, 0.1) is 22.1 Å². The Kier molecular flexibility index (Phi) is 6.92. The average molecular weight is 728 g/mol. The van der Waals surface area contributed by atoms with Gasteiger partial charge in [-0.05, 0) is 77.2 Å². The third kappa shape index (κ3) is 4.85. The number of hydrogen-bond donors (Lipinski definition) is 0. The Bertz CT molecular complexity index is 3300. The van der Waals surface area contributed by atoms with Crippen LogP contribution in [0.2, 0.25) is 0 Å². The molecule has 8 aromatic carbocycles. The van der Waals surface area contributed by atoms with Gasteiger partial charge in [-0.25, -0.2) is 15.0 Å². The summed E-state index contributed by atoms with van der Waals surface area (Å²) in [4.78, 5) is 15.2. The van der Waals surface area contributed by atoms with Crippen LogP contribution in [0, 0.1) is 0 Å². The molecule has 0 atom stereocenters. The van der Waals surface area contributed by atoms with Gasteiger partial charge in [0.15, 0.2) is 17.5 Å². The van der Waals surface area contributed by atoms with Gasteiger partial charge in [-0.2, -0.15) is 0 Å². The Morgan fingerprint density at radius 1 is 0.351 bits per heavy atom. The summed E-state index contributed by atoms with van der Waals surface area (Å²) in [6.45, 7) is 0. The van der Waals surface area contributed by atoms with Gasteiger partial charge >= 0.3 is 0 Å². The van der Waals surface area contributed by atoms with Crippen LogP contribution in [0.15, 0.2) is 188 Å². The highest BCUT2D eigenvalue weighted by atomic mass is 15.0. The van der Waals surface area contributed by atoms with Crippen LogP contribution in [-0.2, 0) is 6.42 Å². The second-order valence-corrected chi connectivity index (χ2v) is 14.8. The fraction of sp³-hybridized carbons (Fsp3) is 0.0192. The molecule has 5 nitrogen and oxygen atoms in total. The summed E-state index contributed by atoms with van der Waals surface area (Å²) in [5, 5.41) is 5.06. The summed E-state index contributed by atoms with van der Waals surface area (Å²) in [6, 6.07) is 66.8. The van der Waals surface area contributed by atoms with E-state index in [1.165, 1.54) is 65.9 Å². The Morgan fingerprint density at radius 3 is 1.49 bits per heavy atom. The van der Waals surface area contributed by atoms with E-state index < -0.39 is 0 Å². The van der Waals surface area contributed by atoms with Crippen molar-refractivity contribution in [2.24, 2.45) is 0 Å². The van der Waals surface area contributed by atoms with E-state index in [2.05, 4.69) is 161 Å². The van der Waals surface area contributed by atoms with Crippen molar-refractivity contribution in [3.05, 3.63) is 199 Å². The lowest BCUT2D eigenvalue weighted by Gasteiger charge is -2.13. The first kappa shape index (κ1) is 31.7. The van der Waals surface area contributed by atoms with Gasteiger partial charge in [0.1, 0.15) is 0 Å². The first-order chi connectivity index (χ1) is 28.3. The van der Waals surface area contributed by atoms with Crippen LogP contribution in [0.4, 0.5) is 0 Å². The second kappa shape index (κ2) is 12.4. The predicted molar refractivity (Wildman–Crippen MR) is 233 cm³/mol. The molecule has 0 amide bonds. The molecule has 1 aliphatic carbocycles. The lowest BCUT2D eigenvalue weighted by Crippen LogP contribution is -2.01. The first-order valence-corrected chi connectivity index (χ1v) is 19.4. The zero-order valence-corrected chi connectivity index (χ0v) is 30.8. The summed E-state index contributed by atoms with van der Waals surface area (Å²) in [5.74, 6) is 2.01. The van der Waals surface area contributed by atoms with Crippen molar-refractivity contribution >= 4 is 43.6 Å². The molecule has 3 heterocycles. The Balaban J connectivity index is 1.04. The Morgan fingerprint density at radius 2 is 0.877 bits per heavy atom. The lowest BCUT2D eigenvalue weighted by molar-refractivity contribution is 1.07. The topological polar surface area (TPSA) is 48.5 Å². The van der Waals surface area contributed by atoms with E-state index in [0.717, 1.165) is 34.5 Å². The molecule has 0 saturated carbocycles. The highest BCUT2D eigenvalue weighted by Crippen LogP contribution is 2.46. The minimum Gasteiger partial charge on any atom is -0.309 e. The summed E-state index contributed by atoms with van der Waals surface area (Å²) in [7, 11) is 0. The third-order valence-electron chi connectivity index (χ3n) is 11.6. The molecule has 0 radical (unpaired) electrons. The number of rotatable bonds is 5. The zero-order valence-electron chi connectivity index (χ0n) is 30.8. The number of hydrogen-bond acceptors (Lipinski definition) is 3. The molecule has 0 aliphatic heterocycles. The molecule has 0 saturated heterocycles. The van der Waals surface area contributed by atoms with Crippen LogP contribution in [0.3, 0.4) is 0 Å². The molecule has 3 aromatic heterocycles. The first-order valence-electron chi connectivity index (χ1n) is 19.4. The molecule has 0 fully saturated rings.